The van der Waals surface area contributed by atoms with Crippen LogP contribution in [0.4, 0.5) is 16.0 Å². The van der Waals surface area contributed by atoms with Crippen molar-refractivity contribution >= 4 is 21.7 Å². The summed E-state index contributed by atoms with van der Waals surface area (Å²) < 4.78 is 52.3. The van der Waals surface area contributed by atoms with Crippen LogP contribution in [0.1, 0.15) is 11.8 Å². The smallest absolute Gasteiger partial charge is 0.247 e. The molecule has 1 saturated heterocycles. The fraction of sp³-hybridized carbons (Fsp3) is 0.250. The second-order valence-corrected chi connectivity index (χ2v) is 8.59. The fourth-order valence-electron chi connectivity index (χ4n) is 3.21. The zero-order valence-electron chi connectivity index (χ0n) is 16.6. The number of benzene rings is 1. The van der Waals surface area contributed by atoms with E-state index >= 15 is 0 Å². The molecular weight excluding hydrogens is 425 g/mol. The first-order valence-electron chi connectivity index (χ1n) is 9.42. The summed E-state index contributed by atoms with van der Waals surface area (Å²) in [4.78, 5) is 12.4. The van der Waals surface area contributed by atoms with E-state index in [1.54, 1.807) is 36.8 Å². The zero-order valence-corrected chi connectivity index (χ0v) is 17.4. The number of hydrogen-bond donors (Lipinski definition) is 1. The first-order chi connectivity index (χ1) is 15.0. The van der Waals surface area contributed by atoms with Gasteiger partial charge in [0.2, 0.25) is 10.0 Å². The van der Waals surface area contributed by atoms with E-state index in [1.165, 1.54) is 17.5 Å². The Labute approximate surface area is 178 Å². The van der Waals surface area contributed by atoms with Crippen molar-refractivity contribution in [1.82, 2.24) is 19.3 Å². The topological polar surface area (TPSA) is 107 Å². The summed E-state index contributed by atoms with van der Waals surface area (Å²) in [5, 5.41) is 3.04. The molecule has 0 spiro atoms. The number of nitrogens with one attached hydrogen (secondary N) is 1. The predicted octanol–water partition coefficient (Wildman–Crippen LogP) is 2.53. The van der Waals surface area contributed by atoms with E-state index in [2.05, 4.69) is 20.3 Å². The number of morpholine rings is 1. The molecule has 2 aromatic heterocycles. The monoisotopic (exact) mass is 445 g/mol. The van der Waals surface area contributed by atoms with Crippen LogP contribution in [-0.2, 0) is 14.8 Å². The predicted molar refractivity (Wildman–Crippen MR) is 110 cm³/mol. The van der Waals surface area contributed by atoms with Gasteiger partial charge in [-0.15, -0.1) is 0 Å². The number of halogens is 1. The Kier molecular flexibility index (Phi) is 6.07. The molecule has 0 saturated carbocycles. The van der Waals surface area contributed by atoms with Crippen LogP contribution in [0, 0.1) is 5.82 Å². The molecule has 1 aliphatic heterocycles. The number of hydrogen-bond acceptors (Lipinski definition) is 8. The number of nitrogens with zero attached hydrogens (tertiary/aromatic N) is 4. The van der Waals surface area contributed by atoms with Gasteiger partial charge in [0.15, 0.2) is 0 Å². The molecule has 9 nitrogen and oxygen atoms in total. The van der Waals surface area contributed by atoms with Gasteiger partial charge in [-0.3, -0.25) is 4.98 Å². The molecule has 1 aromatic carbocycles. The van der Waals surface area contributed by atoms with Gasteiger partial charge in [0.1, 0.15) is 34.2 Å². The molecule has 0 radical (unpaired) electrons. The molecule has 1 aliphatic rings. The first kappa shape index (κ1) is 21.1. The summed E-state index contributed by atoms with van der Waals surface area (Å²) in [6.45, 7) is 0.338. The lowest BCUT2D eigenvalue weighted by Gasteiger charge is -2.32. The number of rotatable bonds is 6. The second kappa shape index (κ2) is 8.92. The third-order valence-corrected chi connectivity index (χ3v) is 6.58. The summed E-state index contributed by atoms with van der Waals surface area (Å²) in [6, 6.07) is 8.71. The Balaban J connectivity index is 1.56. The van der Waals surface area contributed by atoms with Gasteiger partial charge in [0.25, 0.3) is 0 Å². The van der Waals surface area contributed by atoms with Crippen molar-refractivity contribution in [2.24, 2.45) is 0 Å². The molecule has 1 atom stereocenters. The Morgan fingerprint density at radius 2 is 2.10 bits per heavy atom. The molecule has 0 unspecified atom stereocenters. The van der Waals surface area contributed by atoms with E-state index in [9.17, 15) is 12.8 Å². The van der Waals surface area contributed by atoms with Crippen LogP contribution in [0.25, 0.3) is 0 Å². The van der Waals surface area contributed by atoms with Gasteiger partial charge in [-0.05, 0) is 30.3 Å². The van der Waals surface area contributed by atoms with Gasteiger partial charge >= 0.3 is 0 Å². The highest BCUT2D eigenvalue weighted by molar-refractivity contribution is 7.89. The minimum atomic E-state index is -4.00. The van der Waals surface area contributed by atoms with Crippen molar-refractivity contribution in [1.29, 1.82) is 0 Å². The first-order valence-corrected chi connectivity index (χ1v) is 10.9. The van der Waals surface area contributed by atoms with E-state index in [0.29, 0.717) is 17.3 Å². The quantitative estimate of drug-likeness (QED) is 0.617. The van der Waals surface area contributed by atoms with E-state index < -0.39 is 21.9 Å². The lowest BCUT2D eigenvalue weighted by Crippen LogP contribution is -2.42. The van der Waals surface area contributed by atoms with Crippen LogP contribution in [0.2, 0.25) is 0 Å². The molecule has 1 fully saturated rings. The van der Waals surface area contributed by atoms with E-state index in [4.69, 9.17) is 9.47 Å². The van der Waals surface area contributed by atoms with Crippen molar-refractivity contribution in [3.63, 3.8) is 0 Å². The molecule has 0 amide bonds. The van der Waals surface area contributed by atoms with Crippen molar-refractivity contribution in [2.75, 3.05) is 32.1 Å². The standard InChI is InChI=1S/C20H20FN5O4S/c1-29-16-6-5-14(21)11-18(16)31(27,28)26-9-10-30-17(13-26)15-3-2-4-19(24-15)25-20-12-22-7-8-23-20/h2-8,11-12,17H,9-10,13H2,1H3,(H,23,24,25)/t17-/m0/s1. The number of methoxy groups -OCH3 is 1. The lowest BCUT2D eigenvalue weighted by molar-refractivity contribution is -0.00490. The van der Waals surface area contributed by atoms with Crippen LogP contribution in [0.15, 0.2) is 59.9 Å². The Morgan fingerprint density at radius 1 is 1.23 bits per heavy atom. The Bertz CT molecular complexity index is 1160. The highest BCUT2D eigenvalue weighted by Gasteiger charge is 2.34. The van der Waals surface area contributed by atoms with Gasteiger partial charge in [-0.25, -0.2) is 22.8 Å². The zero-order chi connectivity index (χ0) is 21.8. The third kappa shape index (κ3) is 4.63. The van der Waals surface area contributed by atoms with Crippen molar-refractivity contribution in [3.8, 4) is 5.75 Å². The summed E-state index contributed by atoms with van der Waals surface area (Å²) >= 11 is 0. The second-order valence-electron chi connectivity index (χ2n) is 6.68. The minimum absolute atomic E-state index is 0.0313. The lowest BCUT2D eigenvalue weighted by atomic mass is 10.2. The van der Waals surface area contributed by atoms with Crippen molar-refractivity contribution in [2.45, 2.75) is 11.0 Å². The third-order valence-electron chi connectivity index (χ3n) is 4.69. The number of ether oxygens (including phenoxy) is 2. The normalized spacial score (nSPS) is 17.3. The van der Waals surface area contributed by atoms with Crippen LogP contribution < -0.4 is 10.1 Å². The fourth-order valence-corrected chi connectivity index (χ4v) is 4.80. The molecule has 3 heterocycles. The molecule has 0 aliphatic carbocycles. The Hall–Kier alpha value is -3.15. The molecule has 0 bridgehead atoms. The van der Waals surface area contributed by atoms with Crippen LogP contribution in [0.5, 0.6) is 5.75 Å². The maximum Gasteiger partial charge on any atom is 0.247 e. The summed E-state index contributed by atoms with van der Waals surface area (Å²) in [5.41, 5.74) is 0.556. The molecule has 162 valence electrons. The van der Waals surface area contributed by atoms with Crippen LogP contribution in [0.3, 0.4) is 0 Å². The summed E-state index contributed by atoms with van der Waals surface area (Å²) in [5.74, 6) is 0.471. The van der Waals surface area contributed by atoms with Gasteiger partial charge in [0.05, 0.1) is 25.6 Å². The SMILES string of the molecule is COc1ccc(F)cc1S(=O)(=O)N1CCO[C@H](c2cccc(Nc3cnccn3)n2)C1. The van der Waals surface area contributed by atoms with Gasteiger partial charge < -0.3 is 14.8 Å². The van der Waals surface area contributed by atoms with Gasteiger partial charge in [-0.2, -0.15) is 4.31 Å². The van der Waals surface area contributed by atoms with Crippen LogP contribution in [-0.4, -0.2) is 54.5 Å². The summed E-state index contributed by atoms with van der Waals surface area (Å²) in [6.07, 6.45) is 4.09. The Morgan fingerprint density at radius 3 is 2.87 bits per heavy atom. The van der Waals surface area contributed by atoms with E-state index in [1.807, 2.05) is 0 Å². The average molecular weight is 445 g/mol. The number of anilines is 2. The largest absolute Gasteiger partial charge is 0.495 e. The molecule has 11 heteroatoms. The van der Waals surface area contributed by atoms with Crippen molar-refractivity contribution in [3.05, 3.63) is 66.5 Å². The number of pyridine rings is 1. The van der Waals surface area contributed by atoms with Gasteiger partial charge in [-0.1, -0.05) is 6.07 Å². The highest BCUT2D eigenvalue weighted by Crippen LogP contribution is 2.31. The van der Waals surface area contributed by atoms with Crippen molar-refractivity contribution < 1.29 is 22.3 Å². The molecular formula is C20H20FN5O4S. The maximum absolute atomic E-state index is 13.8. The molecule has 3 aromatic rings. The average Bonchev–Trinajstić information content (AvgIpc) is 2.80. The van der Waals surface area contributed by atoms with Gasteiger partial charge in [0, 0.05) is 25.5 Å². The van der Waals surface area contributed by atoms with E-state index in [-0.39, 0.29) is 30.3 Å². The number of sulfonamides is 1. The molecule has 4 rings (SSSR count). The highest BCUT2D eigenvalue weighted by atomic mass is 32.2. The molecule has 31 heavy (non-hydrogen) atoms. The molecule has 1 N–H and O–H groups in total. The van der Waals surface area contributed by atoms with Crippen LogP contribution >= 0.6 is 0 Å². The number of aromatic nitrogens is 3. The maximum atomic E-state index is 13.8. The minimum Gasteiger partial charge on any atom is -0.495 e. The van der Waals surface area contributed by atoms with E-state index in [0.717, 1.165) is 12.1 Å². The summed E-state index contributed by atoms with van der Waals surface area (Å²) in [7, 11) is -2.66.